The predicted octanol–water partition coefficient (Wildman–Crippen LogP) is 4.93. The maximum absolute atomic E-state index is 15.6. The van der Waals surface area contributed by atoms with Gasteiger partial charge in [-0.2, -0.15) is 0 Å². The normalized spacial score (nSPS) is 21.7. The first-order valence-corrected chi connectivity index (χ1v) is 13.9. The van der Waals surface area contributed by atoms with Crippen LogP contribution in [0, 0.1) is 12.7 Å². The second-order valence-electron chi connectivity index (χ2n) is 11.0. The molecule has 0 spiro atoms. The first-order chi connectivity index (χ1) is 18.9. The van der Waals surface area contributed by atoms with Crippen molar-refractivity contribution in [1.29, 1.82) is 0 Å². The van der Waals surface area contributed by atoms with Crippen molar-refractivity contribution in [2.24, 2.45) is 0 Å². The van der Waals surface area contributed by atoms with Crippen LogP contribution < -0.4 is 10.7 Å². The molecule has 40 heavy (non-hydrogen) atoms. The molecule has 0 bridgehead atoms. The quantitative estimate of drug-likeness (QED) is 0.428. The molecule has 216 valence electrons. The van der Waals surface area contributed by atoms with Crippen molar-refractivity contribution in [3.63, 3.8) is 0 Å². The molecule has 2 N–H and O–H groups in total. The number of aliphatic hydroxyl groups excluding tert-OH is 1. The van der Waals surface area contributed by atoms with E-state index in [9.17, 15) is 18.7 Å². The highest BCUT2D eigenvalue weighted by Crippen LogP contribution is 2.34. The molecule has 1 aromatic carbocycles. The fraction of sp³-hybridized carbons (Fsp3) is 0.536. The molecule has 2 saturated heterocycles. The van der Waals surface area contributed by atoms with E-state index >= 15 is 4.39 Å². The summed E-state index contributed by atoms with van der Waals surface area (Å²) >= 11 is 6.44. The van der Waals surface area contributed by atoms with Crippen molar-refractivity contribution >= 4 is 28.5 Å². The molecular formula is C28H33ClF3N5O3. The minimum atomic E-state index is -2.78. The predicted molar refractivity (Wildman–Crippen MR) is 148 cm³/mol. The zero-order valence-electron chi connectivity index (χ0n) is 22.7. The smallest absolute Gasteiger partial charge is 0.260 e. The number of benzene rings is 1. The molecule has 2 fully saturated rings. The molecular weight excluding hydrogens is 547 g/mol. The molecule has 0 unspecified atom stereocenters. The van der Waals surface area contributed by atoms with E-state index in [1.165, 1.54) is 12.3 Å². The molecule has 2 aliphatic rings. The van der Waals surface area contributed by atoms with Gasteiger partial charge in [0.1, 0.15) is 5.82 Å². The molecule has 5 rings (SSSR count). The Morgan fingerprint density at radius 1 is 1.32 bits per heavy atom. The van der Waals surface area contributed by atoms with Crippen molar-refractivity contribution in [1.82, 2.24) is 19.4 Å². The second-order valence-corrected chi connectivity index (χ2v) is 11.4. The number of pyridine rings is 1. The van der Waals surface area contributed by atoms with Gasteiger partial charge >= 0.3 is 0 Å². The summed E-state index contributed by atoms with van der Waals surface area (Å²) in [7, 11) is 0. The lowest BCUT2D eigenvalue weighted by molar-refractivity contribution is -0.0666. The molecule has 0 aliphatic carbocycles. The van der Waals surface area contributed by atoms with E-state index < -0.39 is 17.8 Å². The summed E-state index contributed by atoms with van der Waals surface area (Å²) in [6.07, 6.45) is 1.36. The molecule has 8 nitrogen and oxygen atoms in total. The highest BCUT2D eigenvalue weighted by molar-refractivity contribution is 6.33. The molecule has 0 saturated carbocycles. The van der Waals surface area contributed by atoms with Gasteiger partial charge in [-0.05, 0) is 52.3 Å². The SMILES string of the molecule is Cc1c(CN2CCCC(F)(F)C2)n(C(C)C)c2cc(-c3nc(N[C@@H]4CCOC[C@H]4O)ncc3Cl)c(F)cc2c1=O. The van der Waals surface area contributed by atoms with Gasteiger partial charge in [0.15, 0.2) is 5.43 Å². The van der Waals surface area contributed by atoms with Crippen LogP contribution in [0.3, 0.4) is 0 Å². The van der Waals surface area contributed by atoms with Crippen LogP contribution in [0.2, 0.25) is 5.02 Å². The van der Waals surface area contributed by atoms with Gasteiger partial charge in [-0.1, -0.05) is 11.6 Å². The Balaban J connectivity index is 1.61. The number of likely N-dealkylation sites (tertiary alicyclic amines) is 1. The van der Waals surface area contributed by atoms with Crippen molar-refractivity contribution in [3.8, 4) is 11.3 Å². The number of halogens is 4. The lowest BCUT2D eigenvalue weighted by atomic mass is 10.0. The fourth-order valence-electron chi connectivity index (χ4n) is 5.64. The van der Waals surface area contributed by atoms with Crippen LogP contribution in [-0.2, 0) is 11.3 Å². The lowest BCUT2D eigenvalue weighted by Crippen LogP contribution is -2.43. The maximum atomic E-state index is 15.6. The Bertz CT molecular complexity index is 1480. The topological polar surface area (TPSA) is 92.5 Å². The van der Waals surface area contributed by atoms with Crippen LogP contribution in [0.1, 0.15) is 50.4 Å². The Morgan fingerprint density at radius 3 is 2.80 bits per heavy atom. The Labute approximate surface area is 235 Å². The number of alkyl halides is 2. The van der Waals surface area contributed by atoms with Crippen LogP contribution >= 0.6 is 11.6 Å². The number of fused-ring (bicyclic) bond motifs is 1. The van der Waals surface area contributed by atoms with Crippen LogP contribution in [0.5, 0.6) is 0 Å². The van der Waals surface area contributed by atoms with Crippen LogP contribution in [0.15, 0.2) is 23.1 Å². The van der Waals surface area contributed by atoms with E-state index in [1.807, 2.05) is 18.4 Å². The number of nitrogens with zero attached hydrogens (tertiary/aromatic N) is 4. The minimum absolute atomic E-state index is 0.0728. The third-order valence-electron chi connectivity index (χ3n) is 7.66. The average Bonchev–Trinajstić information content (AvgIpc) is 2.89. The summed E-state index contributed by atoms with van der Waals surface area (Å²) in [5.74, 6) is -3.29. The number of aliphatic hydroxyl groups is 1. The van der Waals surface area contributed by atoms with E-state index in [1.54, 1.807) is 17.9 Å². The monoisotopic (exact) mass is 579 g/mol. The molecule has 12 heteroatoms. The Hall–Kier alpha value is -2.73. The minimum Gasteiger partial charge on any atom is -0.389 e. The van der Waals surface area contributed by atoms with Crippen molar-refractivity contribution < 1.29 is 23.0 Å². The maximum Gasteiger partial charge on any atom is 0.260 e. The standard InChI is InChI=1S/C28H33ClF3N5O3/c1-15(2)37-22-10-17(25-19(29)11-33-27(35-25)34-21-5-8-40-13-24(21)38)20(30)9-18(22)26(39)16(3)23(37)12-36-7-4-6-28(31,32)14-36/h9-11,15,21,24,38H,4-8,12-14H2,1-3H3,(H,33,34,35)/t21-,24-/m1/s1. The third-order valence-corrected chi connectivity index (χ3v) is 7.93. The molecule has 2 aromatic heterocycles. The molecule has 4 heterocycles. The van der Waals surface area contributed by atoms with E-state index in [4.69, 9.17) is 16.3 Å². The van der Waals surface area contributed by atoms with E-state index in [2.05, 4.69) is 15.3 Å². The van der Waals surface area contributed by atoms with Crippen molar-refractivity contribution in [2.75, 3.05) is 31.6 Å². The summed E-state index contributed by atoms with van der Waals surface area (Å²) in [4.78, 5) is 23.8. The van der Waals surface area contributed by atoms with Gasteiger partial charge in [0.2, 0.25) is 5.95 Å². The van der Waals surface area contributed by atoms with Crippen molar-refractivity contribution in [3.05, 3.63) is 50.7 Å². The fourth-order valence-corrected chi connectivity index (χ4v) is 5.84. The number of hydrogen-bond acceptors (Lipinski definition) is 7. The van der Waals surface area contributed by atoms with Gasteiger partial charge in [-0.25, -0.2) is 23.1 Å². The van der Waals surface area contributed by atoms with Crippen LogP contribution in [-0.4, -0.2) is 68.9 Å². The number of ether oxygens (including phenoxy) is 1. The highest BCUT2D eigenvalue weighted by atomic mass is 35.5. The molecule has 3 aromatic rings. The highest BCUT2D eigenvalue weighted by Gasteiger charge is 2.35. The Morgan fingerprint density at radius 2 is 2.10 bits per heavy atom. The summed E-state index contributed by atoms with van der Waals surface area (Å²) in [6.45, 7) is 6.47. The molecule has 0 amide bonds. The molecule has 2 atom stereocenters. The summed E-state index contributed by atoms with van der Waals surface area (Å²) in [5, 5.41) is 13.6. The van der Waals surface area contributed by atoms with Gasteiger partial charge in [0, 0.05) is 47.8 Å². The number of aromatic nitrogens is 3. The first kappa shape index (κ1) is 28.8. The zero-order chi connectivity index (χ0) is 28.8. The van der Waals surface area contributed by atoms with Gasteiger partial charge in [-0.15, -0.1) is 0 Å². The van der Waals surface area contributed by atoms with E-state index in [0.717, 1.165) is 0 Å². The number of hydrogen-bond donors (Lipinski definition) is 2. The first-order valence-electron chi connectivity index (χ1n) is 13.5. The van der Waals surface area contributed by atoms with Gasteiger partial charge < -0.3 is 19.7 Å². The average molecular weight is 580 g/mol. The van der Waals surface area contributed by atoms with E-state index in [-0.39, 0.29) is 71.2 Å². The van der Waals surface area contributed by atoms with Crippen LogP contribution in [0.4, 0.5) is 19.1 Å². The van der Waals surface area contributed by atoms with Gasteiger partial charge in [-0.3, -0.25) is 9.69 Å². The Kier molecular flexibility index (Phi) is 8.11. The zero-order valence-corrected chi connectivity index (χ0v) is 23.4. The van der Waals surface area contributed by atoms with Gasteiger partial charge in [0.25, 0.3) is 5.92 Å². The van der Waals surface area contributed by atoms with Crippen molar-refractivity contribution in [2.45, 2.75) is 70.7 Å². The van der Waals surface area contributed by atoms with Gasteiger partial charge in [0.05, 0.1) is 47.7 Å². The third kappa shape index (κ3) is 5.70. The molecule has 2 aliphatic heterocycles. The van der Waals surface area contributed by atoms with Crippen LogP contribution in [0.25, 0.3) is 22.2 Å². The number of rotatable bonds is 6. The summed E-state index contributed by atoms with van der Waals surface area (Å²) < 4.78 is 51.1. The largest absolute Gasteiger partial charge is 0.389 e. The molecule has 0 radical (unpaired) electrons. The number of anilines is 1. The summed E-state index contributed by atoms with van der Waals surface area (Å²) in [6, 6.07) is 2.23. The summed E-state index contributed by atoms with van der Waals surface area (Å²) in [5.41, 5.74) is 1.34. The number of nitrogens with one attached hydrogen (secondary N) is 1. The second kappa shape index (κ2) is 11.3. The van der Waals surface area contributed by atoms with E-state index in [0.29, 0.717) is 42.8 Å². The number of piperidine rings is 1. The lowest BCUT2D eigenvalue weighted by Gasteiger charge is -2.34.